The quantitative estimate of drug-likeness (QED) is 0.801. The van der Waals surface area contributed by atoms with Crippen molar-refractivity contribution in [2.24, 2.45) is 5.73 Å². The first-order chi connectivity index (χ1) is 7.69. The van der Waals surface area contributed by atoms with Crippen LogP contribution in [0.25, 0.3) is 0 Å². The number of ether oxygens (including phenoxy) is 1. The van der Waals surface area contributed by atoms with Crippen molar-refractivity contribution >= 4 is 5.69 Å². The molecule has 0 saturated heterocycles. The maximum Gasteiger partial charge on any atom is 0.0637 e. The van der Waals surface area contributed by atoms with Crippen LogP contribution in [0.3, 0.4) is 0 Å². The Kier molecular flexibility index (Phi) is 5.29. The molecule has 0 aliphatic heterocycles. The van der Waals surface area contributed by atoms with Crippen molar-refractivity contribution in [2.45, 2.75) is 19.4 Å². The number of hydrogen-bond donors (Lipinski definition) is 1. The van der Waals surface area contributed by atoms with Gasteiger partial charge in [-0.05, 0) is 24.1 Å². The maximum atomic E-state index is 5.97. The normalized spacial score (nSPS) is 12.5. The molecular weight excluding hydrogens is 200 g/mol. The zero-order chi connectivity index (χ0) is 12.0. The number of rotatable bonds is 6. The van der Waals surface area contributed by atoms with Gasteiger partial charge in [0.2, 0.25) is 0 Å². The Morgan fingerprint density at radius 3 is 2.44 bits per heavy atom. The summed E-state index contributed by atoms with van der Waals surface area (Å²) in [6.07, 6.45) is 0.971. The SMILES string of the molecule is CC[C@@H](N)c1ccc(N(C)CCOC)cc1. The van der Waals surface area contributed by atoms with Crippen molar-refractivity contribution < 1.29 is 4.74 Å². The van der Waals surface area contributed by atoms with E-state index in [0.29, 0.717) is 0 Å². The van der Waals surface area contributed by atoms with Crippen LogP contribution in [-0.2, 0) is 4.74 Å². The molecule has 0 unspecified atom stereocenters. The standard InChI is InChI=1S/C13H22N2O/c1-4-13(14)11-5-7-12(8-6-11)15(2)9-10-16-3/h5-8,13H,4,9-10,14H2,1-3H3/t13-/m1/s1. The molecule has 2 N–H and O–H groups in total. The molecule has 0 heterocycles. The number of hydrogen-bond acceptors (Lipinski definition) is 3. The van der Waals surface area contributed by atoms with Crippen molar-refractivity contribution in [1.82, 2.24) is 0 Å². The van der Waals surface area contributed by atoms with Crippen LogP contribution in [0.15, 0.2) is 24.3 Å². The molecule has 0 bridgehead atoms. The lowest BCUT2D eigenvalue weighted by Crippen LogP contribution is -2.22. The zero-order valence-electron chi connectivity index (χ0n) is 10.4. The third-order valence-electron chi connectivity index (χ3n) is 2.83. The monoisotopic (exact) mass is 222 g/mol. The van der Waals surface area contributed by atoms with Gasteiger partial charge in [-0.25, -0.2) is 0 Å². The van der Waals surface area contributed by atoms with Crippen LogP contribution in [0.1, 0.15) is 24.9 Å². The van der Waals surface area contributed by atoms with Gasteiger partial charge in [0, 0.05) is 32.4 Å². The van der Waals surface area contributed by atoms with Gasteiger partial charge in [0.05, 0.1) is 6.61 Å². The molecule has 1 aromatic rings. The Hall–Kier alpha value is -1.06. The average molecular weight is 222 g/mol. The Balaban J connectivity index is 2.63. The van der Waals surface area contributed by atoms with Crippen LogP contribution in [0.4, 0.5) is 5.69 Å². The Morgan fingerprint density at radius 1 is 1.31 bits per heavy atom. The molecule has 0 amide bonds. The summed E-state index contributed by atoms with van der Waals surface area (Å²) >= 11 is 0. The van der Waals surface area contributed by atoms with Crippen LogP contribution in [-0.4, -0.2) is 27.3 Å². The van der Waals surface area contributed by atoms with E-state index in [1.807, 2.05) is 0 Å². The topological polar surface area (TPSA) is 38.5 Å². The van der Waals surface area contributed by atoms with Crippen molar-refractivity contribution in [3.63, 3.8) is 0 Å². The molecule has 0 spiro atoms. The van der Waals surface area contributed by atoms with Gasteiger partial charge >= 0.3 is 0 Å². The zero-order valence-corrected chi connectivity index (χ0v) is 10.4. The molecule has 1 aromatic carbocycles. The Bertz CT molecular complexity index is 297. The summed E-state index contributed by atoms with van der Waals surface area (Å²) in [7, 11) is 3.78. The Labute approximate surface area is 98.2 Å². The fourth-order valence-electron chi connectivity index (χ4n) is 1.57. The van der Waals surface area contributed by atoms with Gasteiger partial charge < -0.3 is 15.4 Å². The van der Waals surface area contributed by atoms with Gasteiger partial charge in [-0.3, -0.25) is 0 Å². The summed E-state index contributed by atoms with van der Waals surface area (Å²) in [5, 5.41) is 0. The predicted molar refractivity (Wildman–Crippen MR) is 68.8 cm³/mol. The van der Waals surface area contributed by atoms with Gasteiger partial charge in [-0.15, -0.1) is 0 Å². The van der Waals surface area contributed by atoms with Crippen LogP contribution in [0.5, 0.6) is 0 Å². The molecule has 0 aromatic heterocycles. The molecule has 90 valence electrons. The van der Waals surface area contributed by atoms with E-state index < -0.39 is 0 Å². The number of nitrogens with zero attached hydrogens (tertiary/aromatic N) is 1. The van der Waals surface area contributed by atoms with E-state index >= 15 is 0 Å². The smallest absolute Gasteiger partial charge is 0.0637 e. The summed E-state index contributed by atoms with van der Waals surface area (Å²) in [6, 6.07) is 8.58. The lowest BCUT2D eigenvalue weighted by molar-refractivity contribution is 0.206. The van der Waals surface area contributed by atoms with E-state index in [1.54, 1.807) is 7.11 Å². The van der Waals surface area contributed by atoms with Gasteiger partial charge in [0.1, 0.15) is 0 Å². The number of likely N-dealkylation sites (N-methyl/N-ethyl adjacent to an activating group) is 1. The number of nitrogens with two attached hydrogens (primary N) is 1. The van der Waals surface area contributed by atoms with Gasteiger partial charge in [-0.1, -0.05) is 19.1 Å². The summed E-state index contributed by atoms with van der Waals surface area (Å²) < 4.78 is 5.05. The third-order valence-corrected chi connectivity index (χ3v) is 2.83. The van der Waals surface area contributed by atoms with Gasteiger partial charge in [0.15, 0.2) is 0 Å². The van der Waals surface area contributed by atoms with Gasteiger partial charge in [-0.2, -0.15) is 0 Å². The summed E-state index contributed by atoms with van der Waals surface area (Å²) in [6.45, 7) is 3.74. The molecule has 3 nitrogen and oxygen atoms in total. The fourth-order valence-corrected chi connectivity index (χ4v) is 1.57. The minimum Gasteiger partial charge on any atom is -0.383 e. The minimum absolute atomic E-state index is 0.151. The molecule has 0 aliphatic carbocycles. The van der Waals surface area contributed by atoms with E-state index in [9.17, 15) is 0 Å². The average Bonchev–Trinajstić information content (AvgIpc) is 2.35. The second-order valence-corrected chi connectivity index (χ2v) is 4.02. The van der Waals surface area contributed by atoms with E-state index in [2.05, 4.69) is 43.1 Å². The predicted octanol–water partition coefficient (Wildman–Crippen LogP) is 2.18. The van der Waals surface area contributed by atoms with Crippen LogP contribution < -0.4 is 10.6 Å². The van der Waals surface area contributed by atoms with E-state index in [-0.39, 0.29) is 6.04 Å². The van der Waals surface area contributed by atoms with E-state index in [1.165, 1.54) is 11.3 Å². The molecule has 0 fully saturated rings. The first-order valence-corrected chi connectivity index (χ1v) is 5.74. The molecular formula is C13H22N2O. The second-order valence-electron chi connectivity index (χ2n) is 4.02. The number of methoxy groups -OCH3 is 1. The maximum absolute atomic E-state index is 5.97. The molecule has 1 rings (SSSR count). The molecule has 0 saturated carbocycles. The highest BCUT2D eigenvalue weighted by atomic mass is 16.5. The first-order valence-electron chi connectivity index (χ1n) is 5.74. The van der Waals surface area contributed by atoms with Crippen molar-refractivity contribution in [1.29, 1.82) is 0 Å². The summed E-state index contributed by atoms with van der Waals surface area (Å²) in [4.78, 5) is 2.17. The van der Waals surface area contributed by atoms with Crippen molar-refractivity contribution in [3.05, 3.63) is 29.8 Å². The van der Waals surface area contributed by atoms with Gasteiger partial charge in [0.25, 0.3) is 0 Å². The molecule has 3 heteroatoms. The van der Waals surface area contributed by atoms with E-state index in [0.717, 1.165) is 19.6 Å². The molecule has 0 aliphatic rings. The first kappa shape index (κ1) is 13.0. The van der Waals surface area contributed by atoms with E-state index in [4.69, 9.17) is 10.5 Å². The van der Waals surface area contributed by atoms with Crippen molar-refractivity contribution in [3.8, 4) is 0 Å². The lowest BCUT2D eigenvalue weighted by atomic mass is 10.1. The number of benzene rings is 1. The van der Waals surface area contributed by atoms with Crippen LogP contribution in [0, 0.1) is 0 Å². The minimum atomic E-state index is 0.151. The number of anilines is 1. The molecule has 1 atom stereocenters. The lowest BCUT2D eigenvalue weighted by Gasteiger charge is -2.19. The largest absolute Gasteiger partial charge is 0.383 e. The van der Waals surface area contributed by atoms with Crippen LogP contribution >= 0.6 is 0 Å². The fraction of sp³-hybridized carbons (Fsp3) is 0.538. The molecule has 16 heavy (non-hydrogen) atoms. The molecule has 0 radical (unpaired) electrons. The summed E-state index contributed by atoms with van der Waals surface area (Å²) in [5.41, 5.74) is 8.37. The Morgan fingerprint density at radius 2 is 1.94 bits per heavy atom. The second kappa shape index (κ2) is 6.51. The van der Waals surface area contributed by atoms with Crippen LogP contribution in [0.2, 0.25) is 0 Å². The highest BCUT2D eigenvalue weighted by Gasteiger charge is 2.04. The summed E-state index contributed by atoms with van der Waals surface area (Å²) in [5.74, 6) is 0. The highest BCUT2D eigenvalue weighted by Crippen LogP contribution is 2.18. The van der Waals surface area contributed by atoms with Crippen molar-refractivity contribution in [2.75, 3.05) is 32.2 Å². The third kappa shape index (κ3) is 3.51. The highest BCUT2D eigenvalue weighted by molar-refractivity contribution is 5.47.